The second kappa shape index (κ2) is 4.19. The summed E-state index contributed by atoms with van der Waals surface area (Å²) in [5.41, 5.74) is 0.479. The summed E-state index contributed by atoms with van der Waals surface area (Å²) in [6.45, 7) is 3.79. The van der Waals surface area contributed by atoms with Gasteiger partial charge in [-0.1, -0.05) is 12.8 Å². The predicted octanol–water partition coefficient (Wildman–Crippen LogP) is 1.93. The standard InChI is InChI=1S/C12H23NO/c1-10(8-11-2-3-11)13-9-12(4-5-12)6-7-14/h10-11,13-14H,2-9H2,1H3. The summed E-state index contributed by atoms with van der Waals surface area (Å²) in [5.74, 6) is 1.02. The monoisotopic (exact) mass is 197 g/mol. The van der Waals surface area contributed by atoms with E-state index in [0.717, 1.165) is 18.9 Å². The minimum absolute atomic E-state index is 0.360. The Hall–Kier alpha value is -0.0800. The molecule has 82 valence electrons. The van der Waals surface area contributed by atoms with Gasteiger partial charge in [0.1, 0.15) is 0 Å². The van der Waals surface area contributed by atoms with E-state index in [1.807, 2.05) is 0 Å². The lowest BCUT2D eigenvalue weighted by atomic mass is 10.0. The van der Waals surface area contributed by atoms with Crippen LogP contribution in [0.5, 0.6) is 0 Å². The molecule has 2 rings (SSSR count). The van der Waals surface area contributed by atoms with Gasteiger partial charge < -0.3 is 10.4 Å². The van der Waals surface area contributed by atoms with E-state index < -0.39 is 0 Å². The van der Waals surface area contributed by atoms with Crippen molar-refractivity contribution in [3.63, 3.8) is 0 Å². The normalized spacial score (nSPS) is 26.1. The van der Waals surface area contributed by atoms with E-state index in [0.29, 0.717) is 18.1 Å². The third-order valence-corrected chi connectivity index (χ3v) is 3.81. The predicted molar refractivity (Wildman–Crippen MR) is 58.2 cm³/mol. The summed E-state index contributed by atoms with van der Waals surface area (Å²) in [7, 11) is 0. The van der Waals surface area contributed by atoms with Crippen molar-refractivity contribution in [2.24, 2.45) is 11.3 Å². The summed E-state index contributed by atoms with van der Waals surface area (Å²) < 4.78 is 0. The Labute approximate surface area is 87.1 Å². The van der Waals surface area contributed by atoms with E-state index in [-0.39, 0.29) is 0 Å². The molecule has 0 aromatic rings. The fraction of sp³-hybridized carbons (Fsp3) is 1.00. The van der Waals surface area contributed by atoms with Crippen molar-refractivity contribution in [1.82, 2.24) is 5.32 Å². The zero-order valence-electron chi connectivity index (χ0n) is 9.26. The molecule has 2 nitrogen and oxygen atoms in total. The van der Waals surface area contributed by atoms with Crippen molar-refractivity contribution in [2.45, 2.75) is 51.5 Å². The molecular formula is C12H23NO. The average Bonchev–Trinajstić information content (AvgIpc) is 3.00. The number of hydrogen-bond acceptors (Lipinski definition) is 2. The molecule has 2 fully saturated rings. The van der Waals surface area contributed by atoms with Gasteiger partial charge in [-0.2, -0.15) is 0 Å². The van der Waals surface area contributed by atoms with Crippen LogP contribution in [0.3, 0.4) is 0 Å². The second-order valence-corrected chi connectivity index (χ2v) is 5.43. The van der Waals surface area contributed by atoms with Gasteiger partial charge in [0, 0.05) is 19.2 Å². The number of hydrogen-bond donors (Lipinski definition) is 2. The molecule has 2 N–H and O–H groups in total. The highest BCUT2D eigenvalue weighted by molar-refractivity contribution is 4.95. The maximum atomic E-state index is 8.93. The highest BCUT2D eigenvalue weighted by Gasteiger charge is 2.41. The lowest BCUT2D eigenvalue weighted by Crippen LogP contribution is -2.32. The molecule has 0 spiro atoms. The molecule has 14 heavy (non-hydrogen) atoms. The van der Waals surface area contributed by atoms with E-state index in [9.17, 15) is 0 Å². The first-order valence-corrected chi connectivity index (χ1v) is 6.08. The fourth-order valence-corrected chi connectivity index (χ4v) is 2.26. The SMILES string of the molecule is CC(CC1CC1)NCC1(CCO)CC1. The first-order valence-electron chi connectivity index (χ1n) is 6.08. The molecule has 1 atom stereocenters. The molecule has 0 bridgehead atoms. The van der Waals surface area contributed by atoms with Gasteiger partial charge in [-0.25, -0.2) is 0 Å². The Morgan fingerprint density at radius 3 is 2.64 bits per heavy atom. The zero-order valence-corrected chi connectivity index (χ0v) is 9.26. The van der Waals surface area contributed by atoms with Crippen LogP contribution < -0.4 is 5.32 Å². The van der Waals surface area contributed by atoms with Gasteiger partial charge in [-0.15, -0.1) is 0 Å². The van der Waals surface area contributed by atoms with Gasteiger partial charge in [0.05, 0.1) is 0 Å². The van der Waals surface area contributed by atoms with Crippen LogP contribution in [0.25, 0.3) is 0 Å². The smallest absolute Gasteiger partial charge is 0.0436 e. The number of aliphatic hydroxyl groups excluding tert-OH is 1. The van der Waals surface area contributed by atoms with Crippen molar-refractivity contribution >= 4 is 0 Å². The molecular weight excluding hydrogens is 174 g/mol. The van der Waals surface area contributed by atoms with E-state index in [1.54, 1.807) is 0 Å². The minimum Gasteiger partial charge on any atom is -0.396 e. The van der Waals surface area contributed by atoms with Crippen LogP contribution >= 0.6 is 0 Å². The quantitative estimate of drug-likeness (QED) is 0.653. The largest absolute Gasteiger partial charge is 0.396 e. The molecule has 0 aromatic carbocycles. The van der Waals surface area contributed by atoms with Crippen LogP contribution in [0.2, 0.25) is 0 Å². The average molecular weight is 197 g/mol. The Kier molecular flexibility index (Phi) is 3.13. The Morgan fingerprint density at radius 2 is 2.14 bits per heavy atom. The van der Waals surface area contributed by atoms with Gasteiger partial charge in [-0.05, 0) is 43.9 Å². The number of nitrogens with one attached hydrogen (secondary N) is 1. The molecule has 2 saturated carbocycles. The lowest BCUT2D eigenvalue weighted by Gasteiger charge is -2.19. The molecule has 0 amide bonds. The van der Waals surface area contributed by atoms with Crippen LogP contribution in [0, 0.1) is 11.3 Å². The van der Waals surface area contributed by atoms with E-state index in [1.165, 1.54) is 32.1 Å². The first-order chi connectivity index (χ1) is 6.74. The number of aliphatic hydroxyl groups is 1. The summed E-state index contributed by atoms with van der Waals surface area (Å²) in [5, 5.41) is 12.6. The number of rotatable bonds is 7. The molecule has 2 heteroatoms. The minimum atomic E-state index is 0.360. The lowest BCUT2D eigenvalue weighted by molar-refractivity contribution is 0.241. The molecule has 1 unspecified atom stereocenters. The molecule has 0 saturated heterocycles. The van der Waals surface area contributed by atoms with Crippen molar-refractivity contribution in [3.05, 3.63) is 0 Å². The van der Waals surface area contributed by atoms with Crippen LogP contribution in [0.4, 0.5) is 0 Å². The van der Waals surface area contributed by atoms with Crippen molar-refractivity contribution in [3.8, 4) is 0 Å². The molecule has 0 heterocycles. The van der Waals surface area contributed by atoms with E-state index in [2.05, 4.69) is 12.2 Å². The van der Waals surface area contributed by atoms with Gasteiger partial charge in [0.25, 0.3) is 0 Å². The molecule has 2 aliphatic carbocycles. The maximum absolute atomic E-state index is 8.93. The first kappa shape index (κ1) is 10.4. The summed E-state index contributed by atoms with van der Waals surface area (Å²) in [4.78, 5) is 0. The molecule has 0 radical (unpaired) electrons. The molecule has 0 aromatic heterocycles. The van der Waals surface area contributed by atoms with Gasteiger partial charge in [0.2, 0.25) is 0 Å². The maximum Gasteiger partial charge on any atom is 0.0436 e. The van der Waals surface area contributed by atoms with Crippen LogP contribution in [-0.2, 0) is 0 Å². The highest BCUT2D eigenvalue weighted by atomic mass is 16.3. The molecule has 0 aliphatic heterocycles. The third kappa shape index (κ3) is 2.96. The van der Waals surface area contributed by atoms with E-state index >= 15 is 0 Å². The Balaban J connectivity index is 1.60. The summed E-state index contributed by atoms with van der Waals surface area (Å²) in [6, 6.07) is 0.679. The fourth-order valence-electron chi connectivity index (χ4n) is 2.26. The van der Waals surface area contributed by atoms with Gasteiger partial charge in [0.15, 0.2) is 0 Å². The van der Waals surface area contributed by atoms with Gasteiger partial charge in [-0.3, -0.25) is 0 Å². The van der Waals surface area contributed by atoms with Crippen LogP contribution in [0.1, 0.15) is 45.4 Å². The van der Waals surface area contributed by atoms with Crippen LogP contribution in [0.15, 0.2) is 0 Å². The topological polar surface area (TPSA) is 32.3 Å². The zero-order chi connectivity index (χ0) is 10.0. The Bertz CT molecular complexity index is 185. The third-order valence-electron chi connectivity index (χ3n) is 3.81. The van der Waals surface area contributed by atoms with Crippen molar-refractivity contribution in [1.29, 1.82) is 0 Å². The second-order valence-electron chi connectivity index (χ2n) is 5.43. The van der Waals surface area contributed by atoms with E-state index in [4.69, 9.17) is 5.11 Å². The van der Waals surface area contributed by atoms with Crippen LogP contribution in [-0.4, -0.2) is 24.3 Å². The Morgan fingerprint density at radius 1 is 1.43 bits per heavy atom. The summed E-state index contributed by atoms with van der Waals surface area (Å²) >= 11 is 0. The molecule has 2 aliphatic rings. The van der Waals surface area contributed by atoms with Crippen molar-refractivity contribution in [2.75, 3.05) is 13.2 Å². The summed E-state index contributed by atoms with van der Waals surface area (Å²) in [6.07, 6.45) is 7.89. The van der Waals surface area contributed by atoms with Gasteiger partial charge >= 0.3 is 0 Å². The highest BCUT2D eigenvalue weighted by Crippen LogP contribution is 2.48. The van der Waals surface area contributed by atoms with Crippen molar-refractivity contribution < 1.29 is 5.11 Å².